The van der Waals surface area contributed by atoms with Gasteiger partial charge in [-0.25, -0.2) is 13.1 Å². The van der Waals surface area contributed by atoms with Crippen LogP contribution in [0.15, 0.2) is 77.7 Å². The molecule has 0 aliphatic carbocycles. The van der Waals surface area contributed by atoms with Crippen LogP contribution in [0.25, 0.3) is 0 Å². The topological polar surface area (TPSA) is 75.3 Å². The van der Waals surface area contributed by atoms with E-state index in [1.807, 2.05) is 30.3 Å². The fourth-order valence-corrected chi connectivity index (χ4v) is 4.34. The van der Waals surface area contributed by atoms with E-state index in [0.29, 0.717) is 22.2 Å². The van der Waals surface area contributed by atoms with Crippen molar-refractivity contribution < 1.29 is 13.2 Å². The van der Waals surface area contributed by atoms with Gasteiger partial charge in [0.25, 0.3) is 0 Å². The number of halogens is 2. The lowest BCUT2D eigenvalue weighted by Gasteiger charge is -2.09. The lowest BCUT2D eigenvalue weighted by atomic mass is 10.1. The van der Waals surface area contributed by atoms with Crippen LogP contribution in [0.2, 0.25) is 10.0 Å². The molecule has 2 N–H and O–H groups in total. The third-order valence-electron chi connectivity index (χ3n) is 4.33. The summed E-state index contributed by atoms with van der Waals surface area (Å²) in [6, 6.07) is 20.6. The van der Waals surface area contributed by atoms with Crippen molar-refractivity contribution in [2.45, 2.75) is 24.3 Å². The van der Waals surface area contributed by atoms with Gasteiger partial charge in [-0.3, -0.25) is 4.79 Å². The van der Waals surface area contributed by atoms with Crippen LogP contribution in [0.5, 0.6) is 0 Å². The van der Waals surface area contributed by atoms with E-state index in [2.05, 4.69) is 10.0 Å². The average Bonchev–Trinajstić information content (AvgIpc) is 2.71. The summed E-state index contributed by atoms with van der Waals surface area (Å²) in [6.07, 6.45) is 0.709. The first kappa shape index (κ1) is 22.3. The van der Waals surface area contributed by atoms with Crippen molar-refractivity contribution in [2.75, 3.05) is 5.32 Å². The van der Waals surface area contributed by atoms with Crippen molar-refractivity contribution in [2.24, 2.45) is 0 Å². The summed E-state index contributed by atoms with van der Waals surface area (Å²) in [5.74, 6) is -0.186. The minimum absolute atomic E-state index is 0.181. The van der Waals surface area contributed by atoms with Gasteiger partial charge in [0, 0.05) is 28.7 Å². The number of nitrogens with one attached hydrogen (secondary N) is 2. The number of amides is 1. The molecule has 0 aliphatic rings. The summed E-state index contributed by atoms with van der Waals surface area (Å²) in [5.41, 5.74) is 2.27. The second-order valence-corrected chi connectivity index (χ2v) is 9.30. The van der Waals surface area contributed by atoms with E-state index in [1.165, 1.54) is 12.1 Å². The van der Waals surface area contributed by atoms with Crippen LogP contribution in [0, 0.1) is 0 Å². The van der Waals surface area contributed by atoms with E-state index in [1.54, 1.807) is 30.3 Å². The number of aryl methyl sites for hydroxylation is 1. The van der Waals surface area contributed by atoms with Crippen LogP contribution in [0.4, 0.5) is 5.69 Å². The highest BCUT2D eigenvalue weighted by molar-refractivity contribution is 7.89. The Hall–Kier alpha value is -2.38. The number of anilines is 1. The molecule has 0 aliphatic heterocycles. The number of sulfonamides is 1. The van der Waals surface area contributed by atoms with Crippen molar-refractivity contribution in [3.05, 3.63) is 94.0 Å². The highest BCUT2D eigenvalue weighted by atomic mass is 35.5. The minimum atomic E-state index is -3.61. The summed E-state index contributed by atoms with van der Waals surface area (Å²) in [5, 5.41) is 3.63. The predicted octanol–water partition coefficient (Wildman–Crippen LogP) is 5.04. The number of benzene rings is 3. The van der Waals surface area contributed by atoms with Crippen LogP contribution in [-0.2, 0) is 27.8 Å². The van der Waals surface area contributed by atoms with Crippen LogP contribution >= 0.6 is 23.2 Å². The van der Waals surface area contributed by atoms with Crippen molar-refractivity contribution in [3.8, 4) is 0 Å². The first-order valence-corrected chi connectivity index (χ1v) is 11.4. The van der Waals surface area contributed by atoms with Gasteiger partial charge in [0.15, 0.2) is 0 Å². The van der Waals surface area contributed by atoms with Crippen molar-refractivity contribution >= 4 is 44.8 Å². The number of carbonyl (C=O) groups is 1. The SMILES string of the molecule is O=C(CCc1ccc(S(=O)(=O)NCc2ccccc2)cc1)Nc1cc(Cl)cc(Cl)c1. The third kappa shape index (κ3) is 6.57. The highest BCUT2D eigenvalue weighted by Crippen LogP contribution is 2.22. The summed E-state index contributed by atoms with van der Waals surface area (Å²) in [4.78, 5) is 12.3. The molecular weight excluding hydrogens is 443 g/mol. The Morgan fingerprint density at radius 3 is 2.10 bits per heavy atom. The molecule has 3 aromatic rings. The third-order valence-corrected chi connectivity index (χ3v) is 6.18. The smallest absolute Gasteiger partial charge is 0.240 e. The Kier molecular flexibility index (Phi) is 7.50. The maximum absolute atomic E-state index is 12.4. The summed E-state index contributed by atoms with van der Waals surface area (Å²) < 4.78 is 27.5. The Morgan fingerprint density at radius 1 is 0.833 bits per heavy atom. The fourth-order valence-electron chi connectivity index (χ4n) is 2.80. The molecule has 0 bridgehead atoms. The molecule has 0 atom stereocenters. The molecular formula is C22H20Cl2N2O3S. The highest BCUT2D eigenvalue weighted by Gasteiger charge is 2.13. The van der Waals surface area contributed by atoms with Gasteiger partial charge in [-0.1, -0.05) is 65.7 Å². The molecule has 3 rings (SSSR count). The quantitative estimate of drug-likeness (QED) is 0.491. The minimum Gasteiger partial charge on any atom is -0.326 e. The summed E-state index contributed by atoms with van der Waals surface area (Å²) >= 11 is 11.9. The second-order valence-electron chi connectivity index (χ2n) is 6.66. The molecule has 156 valence electrons. The molecule has 3 aromatic carbocycles. The first-order valence-electron chi connectivity index (χ1n) is 9.20. The number of rotatable bonds is 8. The van der Waals surface area contributed by atoms with Gasteiger partial charge in [0.05, 0.1) is 4.90 Å². The van der Waals surface area contributed by atoms with Crippen LogP contribution in [-0.4, -0.2) is 14.3 Å². The van der Waals surface area contributed by atoms with E-state index >= 15 is 0 Å². The Bertz CT molecular complexity index is 1100. The molecule has 0 unspecified atom stereocenters. The molecule has 1 amide bonds. The van der Waals surface area contributed by atoms with Crippen molar-refractivity contribution in [3.63, 3.8) is 0 Å². The van der Waals surface area contributed by atoms with E-state index in [-0.39, 0.29) is 23.8 Å². The lowest BCUT2D eigenvalue weighted by Crippen LogP contribution is -2.23. The maximum atomic E-state index is 12.4. The Morgan fingerprint density at radius 2 is 1.47 bits per heavy atom. The largest absolute Gasteiger partial charge is 0.326 e. The number of hydrogen-bond acceptors (Lipinski definition) is 3. The van der Waals surface area contributed by atoms with Crippen molar-refractivity contribution in [1.82, 2.24) is 4.72 Å². The standard InChI is InChI=1S/C22H20Cl2N2O3S/c23-18-12-19(24)14-20(13-18)26-22(27)11-8-16-6-9-21(10-7-16)30(28,29)25-15-17-4-2-1-3-5-17/h1-7,9-10,12-14,25H,8,11,15H2,(H,26,27). The van der Waals surface area contributed by atoms with Crippen LogP contribution in [0.3, 0.4) is 0 Å². The molecule has 5 nitrogen and oxygen atoms in total. The normalized spacial score (nSPS) is 11.3. The molecule has 0 radical (unpaired) electrons. The average molecular weight is 463 g/mol. The summed E-state index contributed by atoms with van der Waals surface area (Å²) in [6.45, 7) is 0.221. The van der Waals surface area contributed by atoms with Crippen LogP contribution in [0.1, 0.15) is 17.5 Å². The molecule has 0 saturated carbocycles. The molecule has 30 heavy (non-hydrogen) atoms. The second kappa shape index (κ2) is 10.1. The molecule has 0 heterocycles. The summed E-state index contributed by atoms with van der Waals surface area (Å²) in [7, 11) is -3.61. The van der Waals surface area contributed by atoms with E-state index in [4.69, 9.17) is 23.2 Å². The maximum Gasteiger partial charge on any atom is 0.240 e. The van der Waals surface area contributed by atoms with Crippen molar-refractivity contribution in [1.29, 1.82) is 0 Å². The van der Waals surface area contributed by atoms with E-state index in [9.17, 15) is 13.2 Å². The van der Waals surface area contributed by atoms with Gasteiger partial charge in [0.1, 0.15) is 0 Å². The van der Waals surface area contributed by atoms with Gasteiger partial charge in [-0.15, -0.1) is 0 Å². The van der Waals surface area contributed by atoms with Gasteiger partial charge in [-0.05, 0) is 47.9 Å². The first-order chi connectivity index (χ1) is 14.3. The van der Waals surface area contributed by atoms with Crippen LogP contribution < -0.4 is 10.0 Å². The van der Waals surface area contributed by atoms with E-state index < -0.39 is 10.0 Å². The number of carbonyl (C=O) groups excluding carboxylic acids is 1. The zero-order valence-corrected chi connectivity index (χ0v) is 18.3. The monoisotopic (exact) mass is 462 g/mol. The lowest BCUT2D eigenvalue weighted by molar-refractivity contribution is -0.116. The zero-order chi connectivity index (χ0) is 21.6. The van der Waals surface area contributed by atoms with E-state index in [0.717, 1.165) is 11.1 Å². The number of hydrogen-bond donors (Lipinski definition) is 2. The van der Waals surface area contributed by atoms with Gasteiger partial charge in [-0.2, -0.15) is 0 Å². The molecule has 0 fully saturated rings. The Labute approximate surface area is 186 Å². The Balaban J connectivity index is 1.54. The zero-order valence-electron chi connectivity index (χ0n) is 15.9. The molecule has 8 heteroatoms. The van der Waals surface area contributed by atoms with Gasteiger partial charge in [0.2, 0.25) is 15.9 Å². The van der Waals surface area contributed by atoms with Gasteiger partial charge >= 0.3 is 0 Å². The molecule has 0 saturated heterocycles. The molecule has 0 spiro atoms. The fraction of sp³-hybridized carbons (Fsp3) is 0.136. The van der Waals surface area contributed by atoms with Gasteiger partial charge < -0.3 is 5.32 Å². The predicted molar refractivity (Wildman–Crippen MR) is 120 cm³/mol. The molecule has 0 aromatic heterocycles.